The van der Waals surface area contributed by atoms with Gasteiger partial charge < -0.3 is 15.4 Å². The van der Waals surface area contributed by atoms with Gasteiger partial charge in [0.2, 0.25) is 5.91 Å². The molecule has 1 saturated carbocycles. The van der Waals surface area contributed by atoms with E-state index in [1.165, 1.54) is 0 Å². The van der Waals surface area contributed by atoms with Gasteiger partial charge in [-0.25, -0.2) is 0 Å². The molecule has 1 atom stereocenters. The normalized spacial score (nSPS) is 18.4. The molecule has 2 aromatic carbocycles. The zero-order valence-corrected chi connectivity index (χ0v) is 14.7. The van der Waals surface area contributed by atoms with Crippen LogP contribution in [0.5, 0.6) is 5.75 Å². The van der Waals surface area contributed by atoms with E-state index in [0.29, 0.717) is 30.3 Å². The zero-order valence-electron chi connectivity index (χ0n) is 14.7. The maximum Gasteiger partial charge on any atom is 0.255 e. The number of hydrogen-bond donors (Lipinski definition) is 2. The van der Waals surface area contributed by atoms with Gasteiger partial charge in [0, 0.05) is 17.3 Å². The van der Waals surface area contributed by atoms with Gasteiger partial charge in [-0.15, -0.1) is 0 Å². The maximum absolute atomic E-state index is 12.4. The number of amides is 2. The van der Waals surface area contributed by atoms with E-state index in [0.717, 1.165) is 29.7 Å². The molecule has 1 unspecified atom stereocenters. The van der Waals surface area contributed by atoms with Gasteiger partial charge in [-0.3, -0.25) is 9.59 Å². The number of nitrogens with one attached hydrogen (secondary N) is 2. The van der Waals surface area contributed by atoms with Crippen LogP contribution in [-0.2, 0) is 11.2 Å². The zero-order chi connectivity index (χ0) is 18.1. The van der Waals surface area contributed by atoms with Crippen molar-refractivity contribution in [1.82, 2.24) is 5.32 Å². The highest BCUT2D eigenvalue weighted by atomic mass is 16.5. The van der Waals surface area contributed by atoms with E-state index in [1.807, 2.05) is 43.3 Å². The summed E-state index contributed by atoms with van der Waals surface area (Å²) in [5.41, 5.74) is 3.33. The molecule has 0 saturated heterocycles. The highest BCUT2D eigenvalue weighted by Gasteiger charge is 2.30. The number of carbonyl (C=O) groups is 2. The molecule has 2 aromatic rings. The molecule has 2 N–H and O–H groups in total. The molecule has 1 aliphatic carbocycles. The average Bonchev–Trinajstić information content (AvgIpc) is 3.45. The third-order valence-corrected chi connectivity index (χ3v) is 4.80. The summed E-state index contributed by atoms with van der Waals surface area (Å²) in [5.74, 6) is 0.528. The summed E-state index contributed by atoms with van der Waals surface area (Å²) in [6, 6.07) is 13.4. The average molecular weight is 350 g/mol. The van der Waals surface area contributed by atoms with Crippen molar-refractivity contribution >= 4 is 17.5 Å². The van der Waals surface area contributed by atoms with E-state index in [-0.39, 0.29) is 17.7 Å². The monoisotopic (exact) mass is 350 g/mol. The number of carbonyl (C=O) groups excluding carboxylic acids is 2. The number of anilines is 1. The number of rotatable bonds is 4. The Labute approximate surface area is 152 Å². The van der Waals surface area contributed by atoms with Gasteiger partial charge in [-0.2, -0.15) is 0 Å². The van der Waals surface area contributed by atoms with E-state index in [2.05, 4.69) is 10.6 Å². The molecule has 5 nitrogen and oxygen atoms in total. The number of hydrogen-bond acceptors (Lipinski definition) is 3. The first-order valence-electron chi connectivity index (χ1n) is 9.02. The van der Waals surface area contributed by atoms with Crippen molar-refractivity contribution in [3.63, 3.8) is 0 Å². The summed E-state index contributed by atoms with van der Waals surface area (Å²) in [6.07, 6.45) is 2.78. The van der Waals surface area contributed by atoms with Crippen LogP contribution in [0.3, 0.4) is 0 Å². The smallest absolute Gasteiger partial charge is 0.255 e. The molecule has 4 rings (SSSR count). The Hall–Kier alpha value is -2.82. The standard InChI is InChI=1S/C21H22N2O3/c1-13-3-2-4-14(9-13)20(24)23-18-7-8-19-15(11-18)10-16(12-26-19)21(25)22-17-5-6-17/h2-4,7-9,11,16-17H,5-6,10,12H2,1H3,(H,22,25)(H,23,24). The van der Waals surface area contributed by atoms with Crippen LogP contribution >= 0.6 is 0 Å². The van der Waals surface area contributed by atoms with Crippen molar-refractivity contribution in [3.05, 3.63) is 59.2 Å². The highest BCUT2D eigenvalue weighted by Crippen LogP contribution is 2.31. The Bertz CT molecular complexity index is 858. The second-order valence-corrected chi connectivity index (χ2v) is 7.14. The Kier molecular flexibility index (Phi) is 4.37. The minimum absolute atomic E-state index is 0.0624. The molecule has 1 aliphatic heterocycles. The second kappa shape index (κ2) is 6.83. The molecule has 5 heteroatoms. The number of aryl methyl sites for hydroxylation is 1. The summed E-state index contributed by atoms with van der Waals surface area (Å²) in [4.78, 5) is 24.7. The molecule has 0 bridgehead atoms. The van der Waals surface area contributed by atoms with E-state index in [9.17, 15) is 9.59 Å². The van der Waals surface area contributed by atoms with Gasteiger partial charge in [0.25, 0.3) is 5.91 Å². The van der Waals surface area contributed by atoms with Gasteiger partial charge in [-0.1, -0.05) is 17.7 Å². The topological polar surface area (TPSA) is 67.4 Å². The first-order chi connectivity index (χ1) is 12.6. The van der Waals surface area contributed by atoms with Crippen molar-refractivity contribution in [1.29, 1.82) is 0 Å². The van der Waals surface area contributed by atoms with Crippen LogP contribution in [0.4, 0.5) is 5.69 Å². The predicted molar refractivity (Wildman–Crippen MR) is 99.4 cm³/mol. The fourth-order valence-corrected chi connectivity index (χ4v) is 3.18. The predicted octanol–water partition coefficient (Wildman–Crippen LogP) is 3.08. The fourth-order valence-electron chi connectivity index (χ4n) is 3.18. The lowest BCUT2D eigenvalue weighted by atomic mass is 9.95. The molecular weight excluding hydrogens is 328 g/mol. The first kappa shape index (κ1) is 16.6. The van der Waals surface area contributed by atoms with E-state index < -0.39 is 0 Å². The lowest BCUT2D eigenvalue weighted by Crippen LogP contribution is -2.38. The van der Waals surface area contributed by atoms with Crippen LogP contribution in [0.1, 0.15) is 34.3 Å². The first-order valence-corrected chi connectivity index (χ1v) is 9.02. The van der Waals surface area contributed by atoms with E-state index in [4.69, 9.17) is 4.74 Å². The molecule has 0 spiro atoms. The third-order valence-electron chi connectivity index (χ3n) is 4.80. The Morgan fingerprint density at radius 1 is 1.12 bits per heavy atom. The number of benzene rings is 2. The minimum Gasteiger partial charge on any atom is -0.492 e. The lowest BCUT2D eigenvalue weighted by Gasteiger charge is -2.25. The van der Waals surface area contributed by atoms with E-state index >= 15 is 0 Å². The Balaban J connectivity index is 1.46. The molecule has 1 heterocycles. The second-order valence-electron chi connectivity index (χ2n) is 7.14. The molecule has 0 radical (unpaired) electrons. The van der Waals surface area contributed by atoms with Crippen molar-refractivity contribution in [3.8, 4) is 5.75 Å². The molecule has 2 amide bonds. The SMILES string of the molecule is Cc1cccc(C(=O)Nc2ccc3c(c2)CC(C(=O)NC2CC2)CO3)c1. The molecule has 0 aromatic heterocycles. The van der Waals surface area contributed by atoms with Gasteiger partial charge in [0.05, 0.1) is 5.92 Å². The Morgan fingerprint density at radius 3 is 2.73 bits per heavy atom. The summed E-state index contributed by atoms with van der Waals surface area (Å²) in [6.45, 7) is 2.36. The van der Waals surface area contributed by atoms with Gasteiger partial charge in [0.15, 0.2) is 0 Å². The van der Waals surface area contributed by atoms with Crippen LogP contribution in [0.25, 0.3) is 0 Å². The fraction of sp³-hybridized carbons (Fsp3) is 0.333. The number of fused-ring (bicyclic) bond motifs is 1. The molecule has 26 heavy (non-hydrogen) atoms. The summed E-state index contributed by atoms with van der Waals surface area (Å²) in [7, 11) is 0. The van der Waals surface area contributed by atoms with Crippen molar-refractivity contribution < 1.29 is 14.3 Å². The lowest BCUT2D eigenvalue weighted by molar-refractivity contribution is -0.126. The summed E-state index contributed by atoms with van der Waals surface area (Å²) >= 11 is 0. The van der Waals surface area contributed by atoms with Crippen LogP contribution in [0.2, 0.25) is 0 Å². The minimum atomic E-state index is -0.175. The van der Waals surface area contributed by atoms with Gasteiger partial charge >= 0.3 is 0 Å². The Morgan fingerprint density at radius 2 is 1.96 bits per heavy atom. The van der Waals surface area contributed by atoms with Gasteiger partial charge in [-0.05, 0) is 62.1 Å². The van der Waals surface area contributed by atoms with Crippen LogP contribution in [0, 0.1) is 12.8 Å². The van der Waals surface area contributed by atoms with Gasteiger partial charge in [0.1, 0.15) is 12.4 Å². The molecule has 134 valence electrons. The van der Waals surface area contributed by atoms with Crippen LogP contribution in [-0.4, -0.2) is 24.5 Å². The third kappa shape index (κ3) is 3.72. The molecule has 1 fully saturated rings. The van der Waals surface area contributed by atoms with Crippen LogP contribution < -0.4 is 15.4 Å². The molecule has 2 aliphatic rings. The highest BCUT2D eigenvalue weighted by molar-refractivity contribution is 6.04. The number of ether oxygens (including phenoxy) is 1. The largest absolute Gasteiger partial charge is 0.492 e. The molecular formula is C21H22N2O3. The quantitative estimate of drug-likeness (QED) is 0.890. The van der Waals surface area contributed by atoms with Crippen LogP contribution in [0.15, 0.2) is 42.5 Å². The maximum atomic E-state index is 12.4. The van der Waals surface area contributed by atoms with E-state index in [1.54, 1.807) is 6.07 Å². The van der Waals surface area contributed by atoms with Crippen molar-refractivity contribution in [2.24, 2.45) is 5.92 Å². The van der Waals surface area contributed by atoms with Crippen molar-refractivity contribution in [2.45, 2.75) is 32.2 Å². The van der Waals surface area contributed by atoms with Crippen molar-refractivity contribution in [2.75, 3.05) is 11.9 Å². The summed E-state index contributed by atoms with van der Waals surface area (Å²) < 4.78 is 5.75. The summed E-state index contributed by atoms with van der Waals surface area (Å²) in [5, 5.41) is 5.97.